The first-order valence-electron chi connectivity index (χ1n) is 6.31. The first-order valence-corrected chi connectivity index (χ1v) is 7.11. The fraction of sp³-hybridized carbons (Fsp3) is 0.500. The van der Waals surface area contributed by atoms with Crippen molar-refractivity contribution in [3.63, 3.8) is 0 Å². The summed E-state index contributed by atoms with van der Waals surface area (Å²) in [7, 11) is 0. The van der Waals surface area contributed by atoms with Crippen molar-refractivity contribution >= 4 is 21.7 Å². The predicted octanol–water partition coefficient (Wildman–Crippen LogP) is 2.34. The molecule has 0 bridgehead atoms. The van der Waals surface area contributed by atoms with E-state index >= 15 is 0 Å². The first-order chi connectivity index (χ1) is 8.70. The van der Waals surface area contributed by atoms with Crippen LogP contribution in [0.1, 0.15) is 23.2 Å². The minimum absolute atomic E-state index is 0.159. The second-order valence-corrected chi connectivity index (χ2v) is 5.66. The Morgan fingerprint density at radius 2 is 2.22 bits per heavy atom. The van der Waals surface area contributed by atoms with Crippen LogP contribution < -0.4 is 0 Å². The van der Waals surface area contributed by atoms with Crippen molar-refractivity contribution in [1.82, 2.24) is 4.90 Å². The van der Waals surface area contributed by atoms with Crippen LogP contribution in [-0.2, 0) is 0 Å². The highest BCUT2D eigenvalue weighted by atomic mass is 79.9. The molecule has 1 aromatic carbocycles. The zero-order valence-corrected chi connectivity index (χ0v) is 11.9. The molecule has 0 spiro atoms. The van der Waals surface area contributed by atoms with E-state index in [1.54, 1.807) is 0 Å². The van der Waals surface area contributed by atoms with Crippen molar-refractivity contribution in [2.75, 3.05) is 26.2 Å². The van der Waals surface area contributed by atoms with Gasteiger partial charge in [-0.05, 0) is 31.4 Å². The predicted molar refractivity (Wildman–Crippen MR) is 74.7 cm³/mol. The van der Waals surface area contributed by atoms with Gasteiger partial charge in [-0.25, -0.2) is 0 Å². The molecule has 1 N–H and O–H groups in total. The molecule has 1 fully saturated rings. The normalized spacial score (nSPS) is 20.2. The molecule has 0 saturated carbocycles. The van der Waals surface area contributed by atoms with Crippen LogP contribution in [0.5, 0.6) is 0 Å². The van der Waals surface area contributed by atoms with Gasteiger partial charge in [0.05, 0.1) is 6.54 Å². The van der Waals surface area contributed by atoms with Crippen LogP contribution in [0.4, 0.5) is 0 Å². The number of benzene rings is 1. The number of rotatable bonds is 5. The summed E-state index contributed by atoms with van der Waals surface area (Å²) in [6, 6.07) is 7.55. The number of carbonyl (C=O) groups is 1. The molecule has 98 valence electrons. The minimum Gasteiger partial charge on any atom is -0.396 e. The lowest BCUT2D eigenvalue weighted by Gasteiger charge is -2.15. The van der Waals surface area contributed by atoms with Crippen LogP contribution in [0.15, 0.2) is 28.7 Å². The van der Waals surface area contributed by atoms with Gasteiger partial charge >= 0.3 is 0 Å². The summed E-state index contributed by atoms with van der Waals surface area (Å²) in [5.41, 5.74) is 0.753. The molecular weight excluding hydrogens is 294 g/mol. The van der Waals surface area contributed by atoms with E-state index in [1.807, 2.05) is 24.3 Å². The van der Waals surface area contributed by atoms with Gasteiger partial charge < -0.3 is 5.11 Å². The van der Waals surface area contributed by atoms with Crippen molar-refractivity contribution in [3.05, 3.63) is 34.3 Å². The Hall–Kier alpha value is -0.710. The first kappa shape index (κ1) is 13.7. The van der Waals surface area contributed by atoms with Crippen LogP contribution in [-0.4, -0.2) is 42.0 Å². The quantitative estimate of drug-likeness (QED) is 0.849. The number of Topliss-reactive ketones (excluding diaryl/α,β-unsaturated/α-hetero) is 1. The van der Waals surface area contributed by atoms with E-state index in [-0.39, 0.29) is 12.4 Å². The van der Waals surface area contributed by atoms with Crippen molar-refractivity contribution in [2.24, 2.45) is 5.92 Å². The molecule has 2 rings (SSSR count). The van der Waals surface area contributed by atoms with Gasteiger partial charge in [0, 0.05) is 23.2 Å². The lowest BCUT2D eigenvalue weighted by Crippen LogP contribution is -2.28. The zero-order valence-electron chi connectivity index (χ0n) is 10.3. The molecule has 1 atom stereocenters. The minimum atomic E-state index is 0.159. The third-order valence-electron chi connectivity index (χ3n) is 3.45. The lowest BCUT2D eigenvalue weighted by atomic mass is 10.1. The van der Waals surface area contributed by atoms with E-state index in [2.05, 4.69) is 20.8 Å². The molecule has 0 amide bonds. The Balaban J connectivity index is 1.91. The van der Waals surface area contributed by atoms with Gasteiger partial charge in [-0.2, -0.15) is 0 Å². The average molecular weight is 312 g/mol. The summed E-state index contributed by atoms with van der Waals surface area (Å²) in [4.78, 5) is 14.3. The Kier molecular flexibility index (Phi) is 4.92. The standard InChI is InChI=1S/C14H18BrNO2/c15-13-4-2-1-3-12(13)14(18)10-16-7-5-11(9-16)6-8-17/h1-4,11,17H,5-10H2. The number of hydrogen-bond donors (Lipinski definition) is 1. The number of aliphatic hydroxyl groups is 1. The van der Waals surface area contributed by atoms with Crippen molar-refractivity contribution in [3.8, 4) is 0 Å². The summed E-state index contributed by atoms with van der Waals surface area (Å²) < 4.78 is 0.862. The number of nitrogens with zero attached hydrogens (tertiary/aromatic N) is 1. The topological polar surface area (TPSA) is 40.5 Å². The van der Waals surface area contributed by atoms with Crippen molar-refractivity contribution < 1.29 is 9.90 Å². The van der Waals surface area contributed by atoms with E-state index in [9.17, 15) is 4.79 Å². The molecule has 4 heteroatoms. The third kappa shape index (κ3) is 3.40. The second-order valence-electron chi connectivity index (χ2n) is 4.81. The Labute approximate surface area is 116 Å². The highest BCUT2D eigenvalue weighted by Gasteiger charge is 2.24. The van der Waals surface area contributed by atoms with Gasteiger partial charge in [0.15, 0.2) is 5.78 Å². The number of carbonyl (C=O) groups excluding carboxylic acids is 1. The second kappa shape index (κ2) is 6.45. The SMILES string of the molecule is O=C(CN1CCC(CCO)C1)c1ccccc1Br. The molecule has 0 radical (unpaired) electrons. The van der Waals surface area contributed by atoms with Crippen molar-refractivity contribution in [2.45, 2.75) is 12.8 Å². The summed E-state index contributed by atoms with van der Waals surface area (Å²) in [5, 5.41) is 8.92. The van der Waals surface area contributed by atoms with Gasteiger partial charge in [0.25, 0.3) is 0 Å². The van der Waals surface area contributed by atoms with Gasteiger partial charge in [-0.15, -0.1) is 0 Å². The highest BCUT2D eigenvalue weighted by molar-refractivity contribution is 9.10. The van der Waals surface area contributed by atoms with Gasteiger partial charge in [-0.1, -0.05) is 34.1 Å². The summed E-state index contributed by atoms with van der Waals surface area (Å²) in [5.74, 6) is 0.703. The van der Waals surface area contributed by atoms with Gasteiger partial charge in [-0.3, -0.25) is 9.69 Å². The lowest BCUT2D eigenvalue weighted by molar-refractivity contribution is 0.0942. The zero-order chi connectivity index (χ0) is 13.0. The number of ketones is 1. The molecule has 1 aliphatic heterocycles. The van der Waals surface area contributed by atoms with Crippen LogP contribution in [0.2, 0.25) is 0 Å². The van der Waals surface area contributed by atoms with Crippen LogP contribution >= 0.6 is 15.9 Å². The number of aliphatic hydroxyl groups excluding tert-OH is 1. The Morgan fingerprint density at radius 1 is 1.44 bits per heavy atom. The van der Waals surface area contributed by atoms with E-state index in [0.717, 1.165) is 36.0 Å². The number of hydrogen-bond acceptors (Lipinski definition) is 3. The summed E-state index contributed by atoms with van der Waals surface area (Å²) >= 11 is 3.41. The molecule has 0 aliphatic carbocycles. The molecule has 1 saturated heterocycles. The fourth-order valence-electron chi connectivity index (χ4n) is 2.45. The molecule has 1 aliphatic rings. The molecule has 1 unspecified atom stereocenters. The van der Waals surface area contributed by atoms with Crippen LogP contribution in [0, 0.1) is 5.92 Å². The summed E-state index contributed by atoms with van der Waals surface area (Å²) in [6.45, 7) is 2.61. The Morgan fingerprint density at radius 3 is 2.94 bits per heavy atom. The van der Waals surface area contributed by atoms with Crippen LogP contribution in [0.3, 0.4) is 0 Å². The fourth-order valence-corrected chi connectivity index (χ4v) is 2.96. The smallest absolute Gasteiger partial charge is 0.177 e. The molecule has 18 heavy (non-hydrogen) atoms. The Bertz CT molecular complexity index is 422. The molecule has 1 aromatic rings. The molecular formula is C14H18BrNO2. The van der Waals surface area contributed by atoms with E-state index in [4.69, 9.17) is 5.11 Å². The highest BCUT2D eigenvalue weighted by Crippen LogP contribution is 2.21. The van der Waals surface area contributed by atoms with Crippen molar-refractivity contribution in [1.29, 1.82) is 0 Å². The van der Waals surface area contributed by atoms with E-state index in [1.165, 1.54) is 0 Å². The number of halogens is 1. The third-order valence-corrected chi connectivity index (χ3v) is 4.14. The number of likely N-dealkylation sites (tertiary alicyclic amines) is 1. The van der Waals surface area contributed by atoms with Gasteiger partial charge in [0.2, 0.25) is 0 Å². The van der Waals surface area contributed by atoms with Crippen LogP contribution in [0.25, 0.3) is 0 Å². The van der Waals surface area contributed by atoms with E-state index < -0.39 is 0 Å². The summed E-state index contributed by atoms with van der Waals surface area (Å²) in [6.07, 6.45) is 1.93. The molecule has 0 aromatic heterocycles. The maximum Gasteiger partial charge on any atom is 0.177 e. The largest absolute Gasteiger partial charge is 0.396 e. The molecule has 3 nitrogen and oxygen atoms in total. The van der Waals surface area contributed by atoms with E-state index in [0.29, 0.717) is 12.5 Å². The maximum atomic E-state index is 12.2. The van der Waals surface area contributed by atoms with Gasteiger partial charge in [0.1, 0.15) is 0 Å². The monoisotopic (exact) mass is 311 g/mol. The molecule has 1 heterocycles. The maximum absolute atomic E-state index is 12.2. The average Bonchev–Trinajstić information content (AvgIpc) is 2.77.